The Morgan fingerprint density at radius 3 is 1.53 bits per heavy atom. The Hall–Kier alpha value is -7.29. The molecule has 0 radical (unpaired) electrons. The highest BCUT2D eigenvalue weighted by molar-refractivity contribution is 6.29. The lowest BCUT2D eigenvalue weighted by molar-refractivity contribution is 1.33. The molecule has 2 heteroatoms. The highest BCUT2D eigenvalue weighted by atomic mass is 14.7. The van der Waals surface area contributed by atoms with Crippen LogP contribution in [0.5, 0.6) is 0 Å². The van der Waals surface area contributed by atoms with Gasteiger partial charge in [-0.25, -0.2) is 0 Å². The standard InChI is InChI=1S/C53H34N2/c1-3-16-34(17-4-1)36-25-13-28-46(49(36)45-27-14-26-43-40-21-8-7-20-38(40)39-22-9-10-24-42(39)50(43)45)52-47(29-15-33-54-52)51-37(35-18-5-2-6-19-35)31-32-44-41-23-11-12-30-48(41)55-53(44)51/h1-33,55H. The normalized spacial score (nSPS) is 11.6. The van der Waals surface area contributed by atoms with Crippen molar-refractivity contribution in [2.45, 2.75) is 0 Å². The molecule has 11 rings (SSSR count). The molecule has 11 aromatic rings. The van der Waals surface area contributed by atoms with Crippen molar-refractivity contribution < 1.29 is 0 Å². The first kappa shape index (κ1) is 31.3. The Bertz CT molecular complexity index is 3200. The minimum Gasteiger partial charge on any atom is -0.354 e. The number of fused-ring (bicyclic) bond motifs is 9. The van der Waals surface area contributed by atoms with Crippen molar-refractivity contribution in [1.82, 2.24) is 9.97 Å². The maximum Gasteiger partial charge on any atom is 0.0787 e. The first-order valence-electron chi connectivity index (χ1n) is 18.9. The molecule has 2 heterocycles. The van der Waals surface area contributed by atoms with Crippen molar-refractivity contribution in [2.24, 2.45) is 0 Å². The van der Waals surface area contributed by atoms with E-state index < -0.39 is 0 Å². The van der Waals surface area contributed by atoms with Gasteiger partial charge in [-0.15, -0.1) is 0 Å². The second-order valence-corrected chi connectivity index (χ2v) is 14.3. The van der Waals surface area contributed by atoms with Crippen LogP contribution >= 0.6 is 0 Å². The molecular formula is C53H34N2. The second kappa shape index (κ2) is 12.7. The fourth-order valence-corrected chi connectivity index (χ4v) is 8.94. The lowest BCUT2D eigenvalue weighted by atomic mass is 9.82. The van der Waals surface area contributed by atoms with E-state index in [1.54, 1.807) is 0 Å². The van der Waals surface area contributed by atoms with Crippen LogP contribution in [0.4, 0.5) is 0 Å². The maximum atomic E-state index is 5.32. The molecule has 0 aliphatic heterocycles. The van der Waals surface area contributed by atoms with Crippen LogP contribution in [0.25, 0.3) is 110 Å². The third kappa shape index (κ3) is 4.92. The Labute approximate surface area is 319 Å². The number of pyridine rings is 1. The highest BCUT2D eigenvalue weighted by Gasteiger charge is 2.24. The first-order chi connectivity index (χ1) is 27.3. The number of hydrogen-bond donors (Lipinski definition) is 1. The summed E-state index contributed by atoms with van der Waals surface area (Å²) in [6.07, 6.45) is 1.94. The van der Waals surface area contributed by atoms with E-state index in [4.69, 9.17) is 4.98 Å². The van der Waals surface area contributed by atoms with Gasteiger partial charge in [0.15, 0.2) is 0 Å². The fraction of sp³-hybridized carbons (Fsp3) is 0. The van der Waals surface area contributed by atoms with Gasteiger partial charge in [-0.2, -0.15) is 0 Å². The zero-order valence-corrected chi connectivity index (χ0v) is 30.0. The van der Waals surface area contributed by atoms with Crippen LogP contribution in [0.1, 0.15) is 0 Å². The monoisotopic (exact) mass is 698 g/mol. The zero-order valence-electron chi connectivity index (χ0n) is 30.0. The Balaban J connectivity index is 1.28. The lowest BCUT2D eigenvalue weighted by Crippen LogP contribution is -1.97. The largest absolute Gasteiger partial charge is 0.354 e. The van der Waals surface area contributed by atoms with E-state index in [-0.39, 0.29) is 0 Å². The van der Waals surface area contributed by atoms with Gasteiger partial charge in [0.1, 0.15) is 0 Å². The predicted octanol–water partition coefficient (Wildman–Crippen LogP) is 14.5. The number of rotatable bonds is 5. The third-order valence-corrected chi connectivity index (χ3v) is 11.3. The van der Waals surface area contributed by atoms with Gasteiger partial charge in [0, 0.05) is 39.2 Å². The highest BCUT2D eigenvalue weighted by Crippen LogP contribution is 2.49. The molecule has 256 valence electrons. The summed E-state index contributed by atoms with van der Waals surface area (Å²) in [7, 11) is 0. The van der Waals surface area contributed by atoms with Gasteiger partial charge < -0.3 is 4.98 Å². The number of nitrogens with zero attached hydrogens (tertiary/aromatic N) is 1. The van der Waals surface area contributed by atoms with E-state index >= 15 is 0 Å². The molecule has 0 amide bonds. The molecule has 0 atom stereocenters. The van der Waals surface area contributed by atoms with Crippen molar-refractivity contribution in [1.29, 1.82) is 0 Å². The molecule has 0 aliphatic rings. The number of H-pyrrole nitrogens is 1. The van der Waals surface area contributed by atoms with Gasteiger partial charge in [-0.3, -0.25) is 4.98 Å². The molecule has 1 N–H and O–H groups in total. The number of aromatic nitrogens is 2. The van der Waals surface area contributed by atoms with Crippen molar-refractivity contribution >= 4 is 54.1 Å². The SMILES string of the molecule is c1ccc(-c2cccc(-c3ncccc3-c3c(-c4ccccc4)ccc4c3[nH]c3ccccc34)c2-c2cccc3c4ccccc4c4ccccc4c23)cc1. The summed E-state index contributed by atoms with van der Waals surface area (Å²) in [5.41, 5.74) is 13.5. The molecule has 0 saturated carbocycles. The summed E-state index contributed by atoms with van der Waals surface area (Å²) in [5.74, 6) is 0. The fourth-order valence-electron chi connectivity index (χ4n) is 8.94. The van der Waals surface area contributed by atoms with Gasteiger partial charge >= 0.3 is 0 Å². The minimum absolute atomic E-state index is 0.945. The van der Waals surface area contributed by atoms with Crippen molar-refractivity contribution in [3.63, 3.8) is 0 Å². The quantitative estimate of drug-likeness (QED) is 0.178. The molecular weight excluding hydrogens is 665 g/mol. The molecule has 0 spiro atoms. The van der Waals surface area contributed by atoms with Crippen LogP contribution in [0.3, 0.4) is 0 Å². The van der Waals surface area contributed by atoms with Gasteiger partial charge in [0.05, 0.1) is 11.2 Å². The third-order valence-electron chi connectivity index (χ3n) is 11.3. The summed E-state index contributed by atoms with van der Waals surface area (Å²) in [6.45, 7) is 0. The second-order valence-electron chi connectivity index (χ2n) is 14.3. The average molecular weight is 699 g/mol. The summed E-state index contributed by atoms with van der Waals surface area (Å²) < 4.78 is 0. The lowest BCUT2D eigenvalue weighted by Gasteiger charge is -2.21. The van der Waals surface area contributed by atoms with Gasteiger partial charge in [-0.05, 0) is 77.8 Å². The molecule has 0 fully saturated rings. The van der Waals surface area contributed by atoms with Gasteiger partial charge in [0.25, 0.3) is 0 Å². The molecule has 9 aromatic carbocycles. The summed E-state index contributed by atoms with van der Waals surface area (Å²) in [5, 5.41) is 9.94. The van der Waals surface area contributed by atoms with E-state index in [1.165, 1.54) is 70.9 Å². The van der Waals surface area contributed by atoms with Crippen molar-refractivity contribution in [2.75, 3.05) is 0 Å². The van der Waals surface area contributed by atoms with Crippen molar-refractivity contribution in [3.05, 3.63) is 200 Å². The molecule has 0 aliphatic carbocycles. The minimum atomic E-state index is 0.945. The van der Waals surface area contributed by atoms with Crippen LogP contribution in [-0.2, 0) is 0 Å². The van der Waals surface area contributed by atoms with E-state index in [1.807, 2.05) is 6.20 Å². The Morgan fingerprint density at radius 2 is 0.818 bits per heavy atom. The van der Waals surface area contributed by atoms with Crippen LogP contribution in [0.2, 0.25) is 0 Å². The topological polar surface area (TPSA) is 28.7 Å². The molecule has 0 bridgehead atoms. The van der Waals surface area contributed by atoms with E-state index in [9.17, 15) is 0 Å². The number of para-hydroxylation sites is 1. The molecule has 0 unspecified atom stereocenters. The Kier molecular flexibility index (Phi) is 7.21. The summed E-state index contributed by atoms with van der Waals surface area (Å²) >= 11 is 0. The Morgan fingerprint density at radius 1 is 0.309 bits per heavy atom. The van der Waals surface area contributed by atoms with Crippen LogP contribution in [-0.4, -0.2) is 9.97 Å². The van der Waals surface area contributed by atoms with E-state index in [0.717, 1.165) is 39.0 Å². The average Bonchev–Trinajstić information content (AvgIpc) is 3.65. The number of hydrogen-bond acceptors (Lipinski definition) is 1. The van der Waals surface area contributed by atoms with E-state index in [0.29, 0.717) is 0 Å². The molecule has 55 heavy (non-hydrogen) atoms. The van der Waals surface area contributed by atoms with Gasteiger partial charge in [0.2, 0.25) is 0 Å². The first-order valence-corrected chi connectivity index (χ1v) is 18.9. The summed E-state index contributed by atoms with van der Waals surface area (Å²) in [6, 6.07) is 70.2. The number of aromatic amines is 1. The molecule has 2 nitrogen and oxygen atoms in total. The van der Waals surface area contributed by atoms with Crippen LogP contribution in [0, 0.1) is 0 Å². The summed E-state index contributed by atoms with van der Waals surface area (Å²) in [4.78, 5) is 9.17. The molecule has 0 saturated heterocycles. The number of benzene rings is 9. The molecule has 2 aromatic heterocycles. The smallest absolute Gasteiger partial charge is 0.0787 e. The van der Waals surface area contributed by atoms with Crippen molar-refractivity contribution in [3.8, 4) is 55.8 Å². The predicted molar refractivity (Wildman–Crippen MR) is 233 cm³/mol. The maximum absolute atomic E-state index is 5.32. The van der Waals surface area contributed by atoms with Crippen LogP contribution in [0.15, 0.2) is 200 Å². The zero-order chi connectivity index (χ0) is 36.3. The van der Waals surface area contributed by atoms with Gasteiger partial charge in [-0.1, -0.05) is 182 Å². The number of nitrogens with one attached hydrogen (secondary N) is 1. The van der Waals surface area contributed by atoms with Crippen LogP contribution < -0.4 is 0 Å². The van der Waals surface area contributed by atoms with E-state index in [2.05, 4.69) is 199 Å².